The smallest absolute Gasteiger partial charge is 0.334 e. The highest BCUT2D eigenvalue weighted by Gasteiger charge is 2.40. The van der Waals surface area contributed by atoms with Gasteiger partial charge >= 0.3 is 5.97 Å². The average molecular weight is 266 g/mol. The Bertz CT molecular complexity index is 410. The Morgan fingerprint density at radius 3 is 2.79 bits per heavy atom. The maximum atomic E-state index is 11.5. The Morgan fingerprint density at radius 1 is 1.47 bits per heavy atom. The summed E-state index contributed by atoms with van der Waals surface area (Å²) in [7, 11) is 0. The fourth-order valence-electron chi connectivity index (χ4n) is 2.97. The Kier molecular flexibility index (Phi) is 4.11. The van der Waals surface area contributed by atoms with Crippen LogP contribution in [0.4, 0.5) is 0 Å². The number of aliphatic hydroxyl groups is 2. The third-order valence-corrected chi connectivity index (χ3v) is 4.14. The first-order valence-corrected chi connectivity index (χ1v) is 6.87. The zero-order valence-corrected chi connectivity index (χ0v) is 11.5. The molecule has 5 atom stereocenters. The van der Waals surface area contributed by atoms with Crippen LogP contribution >= 0.6 is 0 Å². The molecule has 106 valence electrons. The molecule has 4 nitrogen and oxygen atoms in total. The Morgan fingerprint density at radius 2 is 2.16 bits per heavy atom. The predicted molar refractivity (Wildman–Crippen MR) is 71.3 cm³/mol. The van der Waals surface area contributed by atoms with Crippen molar-refractivity contribution in [1.29, 1.82) is 0 Å². The van der Waals surface area contributed by atoms with E-state index in [1.807, 2.05) is 6.08 Å². The van der Waals surface area contributed by atoms with E-state index in [0.717, 1.165) is 18.4 Å². The molecule has 0 unspecified atom stereocenters. The molecule has 1 heterocycles. The summed E-state index contributed by atoms with van der Waals surface area (Å²) < 4.78 is 5.30. The summed E-state index contributed by atoms with van der Waals surface area (Å²) in [6, 6.07) is 0. The van der Waals surface area contributed by atoms with E-state index in [1.165, 1.54) is 0 Å². The van der Waals surface area contributed by atoms with Gasteiger partial charge in [0.2, 0.25) is 0 Å². The van der Waals surface area contributed by atoms with Crippen molar-refractivity contribution in [3.8, 4) is 0 Å². The van der Waals surface area contributed by atoms with Gasteiger partial charge in [0.15, 0.2) is 0 Å². The van der Waals surface area contributed by atoms with Crippen LogP contribution in [0.2, 0.25) is 0 Å². The number of rotatable bonds is 3. The molecular weight excluding hydrogens is 244 g/mol. The molecule has 0 bridgehead atoms. The number of hydrogen-bond acceptors (Lipinski definition) is 4. The van der Waals surface area contributed by atoms with Crippen molar-refractivity contribution in [1.82, 2.24) is 0 Å². The molecule has 19 heavy (non-hydrogen) atoms. The molecule has 2 N–H and O–H groups in total. The van der Waals surface area contributed by atoms with E-state index in [-0.39, 0.29) is 23.9 Å². The maximum absolute atomic E-state index is 11.5. The molecule has 0 radical (unpaired) electrons. The summed E-state index contributed by atoms with van der Waals surface area (Å²) in [5.74, 6) is -0.0674. The van der Waals surface area contributed by atoms with Gasteiger partial charge < -0.3 is 14.9 Å². The lowest BCUT2D eigenvalue weighted by atomic mass is 9.90. The second kappa shape index (κ2) is 5.47. The van der Waals surface area contributed by atoms with Crippen LogP contribution in [-0.2, 0) is 9.53 Å². The number of ether oxygens (including phenoxy) is 1. The van der Waals surface area contributed by atoms with E-state index >= 15 is 0 Å². The van der Waals surface area contributed by atoms with Crippen LogP contribution in [0.5, 0.6) is 0 Å². The van der Waals surface area contributed by atoms with E-state index in [1.54, 1.807) is 6.92 Å². The molecule has 2 rings (SSSR count). The van der Waals surface area contributed by atoms with Gasteiger partial charge in [-0.2, -0.15) is 0 Å². The lowest BCUT2D eigenvalue weighted by molar-refractivity contribution is -0.137. The maximum Gasteiger partial charge on any atom is 0.334 e. The van der Waals surface area contributed by atoms with Gasteiger partial charge in [0.25, 0.3) is 0 Å². The monoisotopic (exact) mass is 266 g/mol. The topological polar surface area (TPSA) is 66.8 Å². The highest BCUT2D eigenvalue weighted by atomic mass is 16.5. The van der Waals surface area contributed by atoms with Crippen molar-refractivity contribution in [2.24, 2.45) is 11.8 Å². The third-order valence-electron chi connectivity index (χ3n) is 4.14. The van der Waals surface area contributed by atoms with Gasteiger partial charge in [0, 0.05) is 17.9 Å². The van der Waals surface area contributed by atoms with Crippen molar-refractivity contribution in [2.75, 3.05) is 0 Å². The lowest BCUT2D eigenvalue weighted by Gasteiger charge is -2.21. The van der Waals surface area contributed by atoms with Gasteiger partial charge in [0.1, 0.15) is 6.10 Å². The standard InChI is InChI=1S/C15H22O4/c1-8-4-5-11-10(3)15(18)19-14(11)7-12(8)13(17)6-9(2)16/h7-9,11,13-14,16-17H,3-6H2,1-2H3/t8-,9+,11-,13-,14+/m0/s1. The van der Waals surface area contributed by atoms with Gasteiger partial charge in [-0.25, -0.2) is 4.79 Å². The molecule has 0 aromatic carbocycles. The summed E-state index contributed by atoms with van der Waals surface area (Å²) in [6.07, 6.45) is 2.37. The number of hydrogen-bond donors (Lipinski definition) is 2. The van der Waals surface area contributed by atoms with Crippen LogP contribution < -0.4 is 0 Å². The fraction of sp³-hybridized carbons (Fsp3) is 0.667. The molecule has 1 aliphatic heterocycles. The molecule has 1 aliphatic carbocycles. The number of carbonyl (C=O) groups is 1. The number of fused-ring (bicyclic) bond motifs is 1. The lowest BCUT2D eigenvalue weighted by Crippen LogP contribution is -2.22. The Labute approximate surface area is 113 Å². The van der Waals surface area contributed by atoms with Crippen molar-refractivity contribution >= 4 is 5.97 Å². The molecule has 0 aromatic heterocycles. The largest absolute Gasteiger partial charge is 0.454 e. The zero-order chi connectivity index (χ0) is 14.2. The molecule has 2 aliphatic rings. The highest BCUT2D eigenvalue weighted by molar-refractivity contribution is 5.91. The van der Waals surface area contributed by atoms with Crippen LogP contribution in [0.25, 0.3) is 0 Å². The molecule has 1 saturated heterocycles. The van der Waals surface area contributed by atoms with Crippen LogP contribution in [0.3, 0.4) is 0 Å². The van der Waals surface area contributed by atoms with Crippen LogP contribution in [0.1, 0.15) is 33.1 Å². The number of carbonyl (C=O) groups excluding carboxylic acids is 1. The second-order valence-corrected chi connectivity index (χ2v) is 5.75. The number of esters is 1. The Hall–Kier alpha value is -1.13. The second-order valence-electron chi connectivity index (χ2n) is 5.75. The average Bonchev–Trinajstić information content (AvgIpc) is 2.48. The molecule has 4 heteroatoms. The normalized spacial score (nSPS) is 34.1. The van der Waals surface area contributed by atoms with Crippen LogP contribution in [0.15, 0.2) is 23.8 Å². The summed E-state index contributed by atoms with van der Waals surface area (Å²) in [5.41, 5.74) is 1.41. The zero-order valence-electron chi connectivity index (χ0n) is 11.5. The highest BCUT2D eigenvalue weighted by Crippen LogP contribution is 2.38. The van der Waals surface area contributed by atoms with Crippen molar-refractivity contribution in [3.63, 3.8) is 0 Å². The van der Waals surface area contributed by atoms with Gasteiger partial charge in [0.05, 0.1) is 12.2 Å². The van der Waals surface area contributed by atoms with Gasteiger partial charge in [-0.15, -0.1) is 0 Å². The minimum atomic E-state index is -0.679. The summed E-state index contributed by atoms with van der Waals surface area (Å²) in [4.78, 5) is 11.5. The fourth-order valence-corrected chi connectivity index (χ4v) is 2.97. The first-order chi connectivity index (χ1) is 8.90. The van der Waals surface area contributed by atoms with Crippen molar-refractivity contribution in [3.05, 3.63) is 23.8 Å². The van der Waals surface area contributed by atoms with Crippen LogP contribution in [-0.4, -0.2) is 34.5 Å². The van der Waals surface area contributed by atoms with Crippen molar-refractivity contribution < 1.29 is 19.7 Å². The molecular formula is C15H22O4. The Balaban J connectivity index is 2.22. The first kappa shape index (κ1) is 14.3. The quantitative estimate of drug-likeness (QED) is 0.462. The van der Waals surface area contributed by atoms with E-state index in [2.05, 4.69) is 13.5 Å². The van der Waals surface area contributed by atoms with Crippen LogP contribution in [0, 0.1) is 11.8 Å². The van der Waals surface area contributed by atoms with Gasteiger partial charge in [-0.3, -0.25) is 0 Å². The van der Waals surface area contributed by atoms with E-state index in [4.69, 9.17) is 4.74 Å². The summed E-state index contributed by atoms with van der Waals surface area (Å²) >= 11 is 0. The van der Waals surface area contributed by atoms with Gasteiger partial charge in [-0.1, -0.05) is 13.5 Å². The van der Waals surface area contributed by atoms with E-state index in [9.17, 15) is 15.0 Å². The minimum absolute atomic E-state index is 0.0335. The third kappa shape index (κ3) is 2.90. The number of aliphatic hydroxyl groups excluding tert-OH is 2. The van der Waals surface area contributed by atoms with E-state index < -0.39 is 12.2 Å². The predicted octanol–water partition coefficient (Wildman–Crippen LogP) is 1.57. The van der Waals surface area contributed by atoms with E-state index in [0.29, 0.717) is 12.0 Å². The molecule has 1 fully saturated rings. The minimum Gasteiger partial charge on any atom is -0.454 e. The molecule has 0 amide bonds. The first-order valence-electron chi connectivity index (χ1n) is 6.87. The van der Waals surface area contributed by atoms with Gasteiger partial charge in [-0.05, 0) is 37.3 Å². The molecule has 0 spiro atoms. The molecule has 0 aromatic rings. The SMILES string of the molecule is C=C1C(=O)O[C@@H]2C=C([C@@H](O)C[C@@H](C)O)[C@@H](C)CC[C@@H]12. The summed E-state index contributed by atoms with van der Waals surface area (Å²) in [5, 5.41) is 19.6. The molecule has 0 saturated carbocycles. The van der Waals surface area contributed by atoms with Crippen molar-refractivity contribution in [2.45, 2.75) is 51.4 Å². The summed E-state index contributed by atoms with van der Waals surface area (Å²) in [6.45, 7) is 7.51.